The van der Waals surface area contributed by atoms with Gasteiger partial charge in [0.2, 0.25) is 0 Å². The molecule has 0 bridgehead atoms. The molecule has 9 N–H and O–H groups in total. The normalized spacial score (nSPS) is 52.5. The van der Waals surface area contributed by atoms with Gasteiger partial charge in [0.1, 0.15) is 35.1 Å². The zero-order chi connectivity index (χ0) is 30.4. The fourth-order valence-electron chi connectivity index (χ4n) is 9.54. The van der Waals surface area contributed by atoms with Crippen LogP contribution in [0.1, 0.15) is 79.6 Å². The molecule has 4 aliphatic carbocycles. The number of aliphatic hydroxyl groups excluding tert-OH is 5. The monoisotopic (exact) mass is 596 g/mol. The minimum Gasteiger partial charge on any atom is -0.393 e. The van der Waals surface area contributed by atoms with Crippen molar-refractivity contribution in [2.75, 3.05) is 0 Å². The van der Waals surface area contributed by atoms with Crippen LogP contribution in [0.25, 0.3) is 0 Å². The Hall–Kier alpha value is -0.450. The third kappa shape index (κ3) is 4.10. The summed E-state index contributed by atoms with van der Waals surface area (Å²) in [5.74, 6) is -1.61. The van der Waals surface area contributed by atoms with Gasteiger partial charge in [0.25, 0.3) is 0 Å². The lowest BCUT2D eigenvalue weighted by atomic mass is 9.38. The van der Waals surface area contributed by atoms with E-state index in [1.807, 2.05) is 20.8 Å². The van der Waals surface area contributed by atoms with Crippen molar-refractivity contribution < 1.29 is 58.0 Å². The zero-order valence-electron chi connectivity index (χ0n) is 23.9. The molecule has 0 aromatic heterocycles. The standard InChI is InChI=1S/C27H48O12S/c1-13(2)16(28)7-6-14(3)15-12-19(30)27(35)23(15,4)11-9-18-24(5)10-8-17(29)20(31)26(24,34)22(39-40(36,37)38)21(32)25(18,27)33/h13-22,28-35H,6-12H2,1-5H3,(H,36,37,38)/t14-,15-,16+,17+,18-,19+,20+,21+,22+,23-,24-,25-,26+,27+/m1/s1. The Morgan fingerprint density at radius 1 is 0.875 bits per heavy atom. The molecule has 0 saturated heterocycles. The van der Waals surface area contributed by atoms with Gasteiger partial charge in [-0.2, -0.15) is 8.42 Å². The molecule has 40 heavy (non-hydrogen) atoms. The number of aliphatic hydroxyl groups is 8. The van der Waals surface area contributed by atoms with Crippen LogP contribution in [0.3, 0.4) is 0 Å². The smallest absolute Gasteiger partial charge is 0.393 e. The Balaban J connectivity index is 1.83. The lowest BCUT2D eigenvalue weighted by molar-refractivity contribution is -0.397. The molecule has 4 fully saturated rings. The Labute approximate surface area is 236 Å². The van der Waals surface area contributed by atoms with Gasteiger partial charge in [-0.25, -0.2) is 4.18 Å². The summed E-state index contributed by atoms with van der Waals surface area (Å²) >= 11 is 0. The number of rotatable bonds is 7. The molecule has 0 spiro atoms. The van der Waals surface area contributed by atoms with Gasteiger partial charge in [0, 0.05) is 16.7 Å². The van der Waals surface area contributed by atoms with E-state index < -0.39 is 80.6 Å². The van der Waals surface area contributed by atoms with Gasteiger partial charge in [-0.1, -0.05) is 34.6 Å². The van der Waals surface area contributed by atoms with E-state index in [1.165, 1.54) is 6.92 Å². The topological polar surface area (TPSA) is 225 Å². The second kappa shape index (κ2) is 10.0. The number of hydrogen-bond donors (Lipinski definition) is 9. The van der Waals surface area contributed by atoms with E-state index in [9.17, 15) is 53.8 Å². The summed E-state index contributed by atoms with van der Waals surface area (Å²) in [5, 5.41) is 92.0. The van der Waals surface area contributed by atoms with Crippen LogP contribution in [0.2, 0.25) is 0 Å². The van der Waals surface area contributed by atoms with Crippen molar-refractivity contribution in [3.63, 3.8) is 0 Å². The first-order valence-electron chi connectivity index (χ1n) is 14.4. The molecule has 0 aliphatic heterocycles. The zero-order valence-corrected chi connectivity index (χ0v) is 24.7. The Bertz CT molecular complexity index is 1070. The van der Waals surface area contributed by atoms with Crippen molar-refractivity contribution in [2.45, 2.75) is 133 Å². The molecule has 4 aliphatic rings. The average Bonchev–Trinajstić information content (AvgIpc) is 3.07. The summed E-state index contributed by atoms with van der Waals surface area (Å²) in [6.45, 7) is 8.93. The molecule has 0 amide bonds. The molecule has 14 atom stereocenters. The summed E-state index contributed by atoms with van der Waals surface area (Å²) in [6.07, 6.45) is -9.05. The summed E-state index contributed by atoms with van der Waals surface area (Å²) in [7, 11) is -5.39. The Morgan fingerprint density at radius 2 is 1.45 bits per heavy atom. The summed E-state index contributed by atoms with van der Waals surface area (Å²) < 4.78 is 38.2. The van der Waals surface area contributed by atoms with Crippen LogP contribution in [0.4, 0.5) is 0 Å². The van der Waals surface area contributed by atoms with Crippen LogP contribution in [-0.4, -0.2) is 107 Å². The molecule has 0 unspecified atom stereocenters. The highest BCUT2D eigenvalue weighted by Gasteiger charge is 2.84. The minimum atomic E-state index is -5.39. The van der Waals surface area contributed by atoms with E-state index in [-0.39, 0.29) is 49.9 Å². The van der Waals surface area contributed by atoms with E-state index >= 15 is 0 Å². The Morgan fingerprint density at radius 3 is 2.00 bits per heavy atom. The molecule has 0 aromatic carbocycles. The van der Waals surface area contributed by atoms with Crippen LogP contribution >= 0.6 is 0 Å². The van der Waals surface area contributed by atoms with Crippen molar-refractivity contribution in [3.05, 3.63) is 0 Å². The average molecular weight is 597 g/mol. The number of fused-ring (bicyclic) bond motifs is 5. The molecule has 0 heterocycles. The first kappa shape index (κ1) is 32.5. The minimum absolute atomic E-state index is 0.0443. The third-order valence-electron chi connectivity index (χ3n) is 12.0. The first-order chi connectivity index (χ1) is 18.1. The maximum atomic E-state index is 12.5. The SMILES string of the molecule is CC(C)[C@@H](O)CC[C@@H](C)[C@H]1C[C@H](O)[C@@]2(O)[C@]3(O)[C@@H](O)[C@H](OS(=O)(=O)O)[C@@]4(O)[C@@H](O)[C@@H](O)CC[C@]4(C)[C@H]3CC[C@]12C. The van der Waals surface area contributed by atoms with E-state index in [0.717, 1.165) is 0 Å². The van der Waals surface area contributed by atoms with Gasteiger partial charge < -0.3 is 40.9 Å². The van der Waals surface area contributed by atoms with Gasteiger partial charge in [-0.15, -0.1) is 0 Å². The van der Waals surface area contributed by atoms with Crippen LogP contribution in [-0.2, 0) is 14.6 Å². The van der Waals surface area contributed by atoms with E-state index in [1.54, 1.807) is 6.92 Å². The fraction of sp³-hybridized carbons (Fsp3) is 1.00. The predicted octanol–water partition coefficient (Wildman–Crippen LogP) is -0.506. The quantitative estimate of drug-likeness (QED) is 0.170. The molecule has 0 radical (unpaired) electrons. The molecule has 234 valence electrons. The lowest BCUT2D eigenvalue weighted by Crippen LogP contribution is -2.88. The maximum absolute atomic E-state index is 12.5. The summed E-state index contributed by atoms with van der Waals surface area (Å²) in [6, 6.07) is 0. The second-order valence-electron chi connectivity index (χ2n) is 14.0. The summed E-state index contributed by atoms with van der Waals surface area (Å²) in [4.78, 5) is 0. The van der Waals surface area contributed by atoms with Crippen molar-refractivity contribution in [2.24, 2.45) is 34.5 Å². The molecule has 4 rings (SSSR count). The van der Waals surface area contributed by atoms with Crippen molar-refractivity contribution in [1.82, 2.24) is 0 Å². The third-order valence-corrected chi connectivity index (χ3v) is 12.4. The van der Waals surface area contributed by atoms with E-state index in [4.69, 9.17) is 4.18 Å². The lowest BCUT2D eigenvalue weighted by Gasteiger charge is -2.72. The predicted molar refractivity (Wildman–Crippen MR) is 141 cm³/mol. The van der Waals surface area contributed by atoms with Crippen molar-refractivity contribution >= 4 is 10.4 Å². The highest BCUT2D eigenvalue weighted by molar-refractivity contribution is 7.80. The van der Waals surface area contributed by atoms with E-state index in [0.29, 0.717) is 12.8 Å². The van der Waals surface area contributed by atoms with Gasteiger partial charge in [0.15, 0.2) is 0 Å². The molecule has 0 aromatic rings. The van der Waals surface area contributed by atoms with Crippen LogP contribution in [0, 0.1) is 34.5 Å². The van der Waals surface area contributed by atoms with Crippen LogP contribution in [0.15, 0.2) is 0 Å². The highest BCUT2D eigenvalue weighted by atomic mass is 32.3. The van der Waals surface area contributed by atoms with Crippen LogP contribution < -0.4 is 0 Å². The van der Waals surface area contributed by atoms with Gasteiger partial charge >= 0.3 is 10.4 Å². The van der Waals surface area contributed by atoms with Crippen LogP contribution in [0.5, 0.6) is 0 Å². The van der Waals surface area contributed by atoms with Crippen molar-refractivity contribution in [1.29, 1.82) is 0 Å². The largest absolute Gasteiger partial charge is 0.397 e. The molecule has 4 saturated carbocycles. The fourth-order valence-corrected chi connectivity index (χ4v) is 10.1. The maximum Gasteiger partial charge on any atom is 0.397 e. The molecular formula is C27H48O12S. The molecular weight excluding hydrogens is 548 g/mol. The number of hydrogen-bond acceptors (Lipinski definition) is 11. The van der Waals surface area contributed by atoms with Gasteiger partial charge in [-0.3, -0.25) is 4.55 Å². The molecule has 12 nitrogen and oxygen atoms in total. The van der Waals surface area contributed by atoms with Gasteiger partial charge in [0.05, 0.1) is 18.3 Å². The van der Waals surface area contributed by atoms with Crippen molar-refractivity contribution in [3.8, 4) is 0 Å². The first-order valence-corrected chi connectivity index (χ1v) is 15.7. The second-order valence-corrected chi connectivity index (χ2v) is 15.1. The van der Waals surface area contributed by atoms with Gasteiger partial charge in [-0.05, 0) is 62.7 Å². The Kier molecular flexibility index (Phi) is 8.15. The molecule has 13 heteroatoms. The highest BCUT2D eigenvalue weighted by Crippen LogP contribution is 2.72. The summed E-state index contributed by atoms with van der Waals surface area (Å²) in [5.41, 5.74) is -10.5. The van der Waals surface area contributed by atoms with E-state index in [2.05, 4.69) is 0 Å².